The van der Waals surface area contributed by atoms with Crippen LogP contribution in [0.5, 0.6) is 0 Å². The summed E-state index contributed by atoms with van der Waals surface area (Å²) >= 11 is 0. The van der Waals surface area contributed by atoms with Crippen LogP contribution in [0.4, 0.5) is 23.7 Å². The summed E-state index contributed by atoms with van der Waals surface area (Å²) in [5.41, 5.74) is -0.356. The quantitative estimate of drug-likeness (QED) is 0.732. The number of hydrogen-bond acceptors (Lipinski definition) is 1. The van der Waals surface area contributed by atoms with Gasteiger partial charge in [-0.25, -0.2) is 4.79 Å². The highest BCUT2D eigenvalue weighted by atomic mass is 19.4. The fourth-order valence-electron chi connectivity index (χ4n) is 4.65. The molecule has 1 aromatic carbocycles. The van der Waals surface area contributed by atoms with Crippen LogP contribution in [0.3, 0.4) is 0 Å². The molecule has 2 heterocycles. The van der Waals surface area contributed by atoms with E-state index in [1.807, 2.05) is 0 Å². The summed E-state index contributed by atoms with van der Waals surface area (Å²) in [7, 11) is 0. The first-order valence-electron chi connectivity index (χ1n) is 9.82. The normalized spacial score (nSPS) is 28.1. The minimum atomic E-state index is -4.37. The molecule has 0 aliphatic carbocycles. The number of carbonyl (C=O) groups excluding carboxylic acids is 1. The van der Waals surface area contributed by atoms with Gasteiger partial charge in [-0.1, -0.05) is 13.8 Å². The average Bonchev–Trinajstić information content (AvgIpc) is 2.54. The molecule has 2 bridgehead atoms. The van der Waals surface area contributed by atoms with E-state index in [-0.39, 0.29) is 12.1 Å². The Hall–Kier alpha value is -1.76. The van der Waals surface area contributed by atoms with Gasteiger partial charge >= 0.3 is 12.2 Å². The van der Waals surface area contributed by atoms with Crippen molar-refractivity contribution in [1.82, 2.24) is 5.32 Å². The minimum Gasteiger partial charge on any atom is -0.335 e. The molecule has 2 amide bonds. The average molecular weight is 384 g/mol. The molecule has 0 saturated carbocycles. The van der Waals surface area contributed by atoms with Crippen LogP contribution in [0.25, 0.3) is 0 Å². The van der Waals surface area contributed by atoms with Gasteiger partial charge in [0.2, 0.25) is 0 Å². The number of carbonyl (C=O) groups is 1. The van der Waals surface area contributed by atoms with Crippen molar-refractivity contribution in [2.24, 2.45) is 5.92 Å². The van der Waals surface area contributed by atoms with Gasteiger partial charge in [0.05, 0.1) is 24.2 Å². The molecular formula is C20H29F3N3O+. The van der Waals surface area contributed by atoms with E-state index in [9.17, 15) is 18.0 Å². The predicted octanol–water partition coefficient (Wildman–Crippen LogP) is 3.45. The van der Waals surface area contributed by atoms with Crippen molar-refractivity contribution in [3.63, 3.8) is 0 Å². The first-order valence-corrected chi connectivity index (χ1v) is 9.82. The van der Waals surface area contributed by atoms with E-state index in [0.29, 0.717) is 23.7 Å². The van der Waals surface area contributed by atoms with E-state index in [1.54, 1.807) is 4.90 Å². The largest absolute Gasteiger partial charge is 0.416 e. The Morgan fingerprint density at radius 1 is 1.15 bits per heavy atom. The van der Waals surface area contributed by atoms with Gasteiger partial charge in [0.15, 0.2) is 0 Å². The van der Waals surface area contributed by atoms with Gasteiger partial charge in [-0.15, -0.1) is 0 Å². The van der Waals surface area contributed by atoms with Crippen LogP contribution in [0.2, 0.25) is 0 Å². The molecule has 2 saturated heterocycles. The SMILES string of the molecule is CC(C)C[NH+]1[C@@H]2CCC[C@H]1CC(NC(=O)Nc1ccc(C(F)(F)F)cc1)C2. The van der Waals surface area contributed by atoms with Crippen LogP contribution < -0.4 is 15.5 Å². The third-order valence-corrected chi connectivity index (χ3v) is 5.74. The van der Waals surface area contributed by atoms with Crippen LogP contribution in [0.15, 0.2) is 24.3 Å². The standard InChI is InChI=1S/C20H28F3N3O/c1-13(2)12-26-17-4-3-5-18(26)11-16(10-17)25-19(27)24-15-8-6-14(7-9-15)20(21,22)23/h6-9,13,16-18H,3-5,10-12H2,1-2H3,(H2,24,25,27)/p+1/t16?,17-,18+. The van der Waals surface area contributed by atoms with E-state index in [2.05, 4.69) is 24.5 Å². The molecule has 1 aromatic rings. The molecule has 3 N–H and O–H groups in total. The number of anilines is 1. The molecule has 0 spiro atoms. The number of quaternary nitrogens is 1. The van der Waals surface area contributed by atoms with Crippen LogP contribution in [-0.2, 0) is 6.18 Å². The number of amides is 2. The molecule has 2 unspecified atom stereocenters. The smallest absolute Gasteiger partial charge is 0.335 e. The second-order valence-corrected chi connectivity index (χ2v) is 8.34. The highest BCUT2D eigenvalue weighted by Crippen LogP contribution is 2.30. The van der Waals surface area contributed by atoms with Crippen molar-refractivity contribution in [3.05, 3.63) is 29.8 Å². The summed E-state index contributed by atoms with van der Waals surface area (Å²) in [6.07, 6.45) is 1.25. The van der Waals surface area contributed by atoms with Crippen LogP contribution >= 0.6 is 0 Å². The van der Waals surface area contributed by atoms with Gasteiger partial charge in [0.1, 0.15) is 0 Å². The Kier molecular flexibility index (Phi) is 5.99. The monoisotopic (exact) mass is 384 g/mol. The highest BCUT2D eigenvalue weighted by Gasteiger charge is 2.42. The number of urea groups is 1. The second kappa shape index (κ2) is 8.09. The predicted molar refractivity (Wildman–Crippen MR) is 98.7 cm³/mol. The summed E-state index contributed by atoms with van der Waals surface area (Å²) < 4.78 is 37.8. The summed E-state index contributed by atoms with van der Waals surface area (Å²) in [6.45, 7) is 5.69. The van der Waals surface area contributed by atoms with Gasteiger partial charge in [0, 0.05) is 30.5 Å². The van der Waals surface area contributed by atoms with Gasteiger partial charge in [-0.05, 0) is 43.5 Å². The van der Waals surface area contributed by atoms with Crippen molar-refractivity contribution in [1.29, 1.82) is 0 Å². The summed E-state index contributed by atoms with van der Waals surface area (Å²) in [5, 5.41) is 5.68. The van der Waals surface area contributed by atoms with Gasteiger partial charge in [0.25, 0.3) is 0 Å². The van der Waals surface area contributed by atoms with E-state index >= 15 is 0 Å². The Morgan fingerprint density at radius 3 is 2.26 bits per heavy atom. The zero-order valence-corrected chi connectivity index (χ0v) is 15.9. The Bertz CT molecular complexity index is 631. The zero-order chi connectivity index (χ0) is 19.6. The summed E-state index contributed by atoms with van der Waals surface area (Å²) in [6, 6.07) is 5.50. The fourth-order valence-corrected chi connectivity index (χ4v) is 4.65. The number of rotatable bonds is 4. The van der Waals surface area contributed by atoms with E-state index in [4.69, 9.17) is 0 Å². The Morgan fingerprint density at radius 2 is 1.74 bits per heavy atom. The first-order chi connectivity index (χ1) is 12.7. The van der Waals surface area contributed by atoms with E-state index < -0.39 is 11.7 Å². The van der Waals surface area contributed by atoms with Gasteiger partial charge in [-0.2, -0.15) is 13.2 Å². The van der Waals surface area contributed by atoms with Crippen molar-refractivity contribution in [2.75, 3.05) is 11.9 Å². The zero-order valence-electron chi connectivity index (χ0n) is 15.9. The van der Waals surface area contributed by atoms with Crippen molar-refractivity contribution >= 4 is 11.7 Å². The molecule has 4 atom stereocenters. The van der Waals surface area contributed by atoms with Crippen molar-refractivity contribution in [2.45, 2.75) is 70.3 Å². The number of nitrogens with one attached hydrogen (secondary N) is 3. The number of alkyl halides is 3. The molecule has 2 aliphatic heterocycles. The number of benzene rings is 1. The maximum Gasteiger partial charge on any atom is 0.416 e. The second-order valence-electron chi connectivity index (χ2n) is 8.34. The van der Waals surface area contributed by atoms with Gasteiger partial charge < -0.3 is 15.5 Å². The number of piperidine rings is 2. The van der Waals surface area contributed by atoms with Crippen LogP contribution in [0, 0.1) is 5.92 Å². The Labute approximate surface area is 158 Å². The lowest BCUT2D eigenvalue weighted by Crippen LogP contribution is -3.21. The van der Waals surface area contributed by atoms with Crippen molar-refractivity contribution < 1.29 is 22.9 Å². The van der Waals surface area contributed by atoms with E-state index in [0.717, 1.165) is 25.0 Å². The fraction of sp³-hybridized carbons (Fsp3) is 0.650. The lowest BCUT2D eigenvalue weighted by atomic mass is 9.81. The molecule has 2 fully saturated rings. The lowest BCUT2D eigenvalue weighted by molar-refractivity contribution is -0.963. The van der Waals surface area contributed by atoms with E-state index in [1.165, 1.54) is 37.9 Å². The molecule has 4 nitrogen and oxygen atoms in total. The number of halogens is 3. The molecule has 27 heavy (non-hydrogen) atoms. The van der Waals surface area contributed by atoms with Crippen LogP contribution in [-0.4, -0.2) is 30.7 Å². The first kappa shape index (κ1) is 20.0. The molecular weight excluding hydrogens is 355 g/mol. The van der Waals surface area contributed by atoms with Crippen LogP contribution in [0.1, 0.15) is 51.5 Å². The molecule has 2 aliphatic rings. The number of hydrogen-bond donors (Lipinski definition) is 3. The molecule has 3 rings (SSSR count). The maximum absolute atomic E-state index is 12.6. The molecule has 150 valence electrons. The summed E-state index contributed by atoms with van der Waals surface area (Å²) in [4.78, 5) is 14.0. The highest BCUT2D eigenvalue weighted by molar-refractivity contribution is 5.89. The minimum absolute atomic E-state index is 0.130. The Balaban J connectivity index is 1.54. The topological polar surface area (TPSA) is 45.6 Å². The van der Waals surface area contributed by atoms with Crippen molar-refractivity contribution in [3.8, 4) is 0 Å². The van der Waals surface area contributed by atoms with Gasteiger partial charge in [-0.3, -0.25) is 0 Å². The molecule has 0 aromatic heterocycles. The lowest BCUT2D eigenvalue weighted by Gasteiger charge is -2.46. The number of fused-ring (bicyclic) bond motifs is 2. The molecule has 7 heteroatoms. The summed E-state index contributed by atoms with van der Waals surface area (Å²) in [5.74, 6) is 0.663. The third kappa shape index (κ3) is 5.15. The third-order valence-electron chi connectivity index (χ3n) is 5.74. The molecule has 0 radical (unpaired) electrons. The maximum atomic E-state index is 12.6.